The summed E-state index contributed by atoms with van der Waals surface area (Å²) in [5.74, 6) is -6.22. The first-order valence-corrected chi connectivity index (χ1v) is 12.8. The third kappa shape index (κ3) is 6.48. The van der Waals surface area contributed by atoms with Crippen LogP contribution in [-0.2, 0) is 0 Å². The molecule has 0 aromatic heterocycles. The van der Waals surface area contributed by atoms with Crippen LogP contribution in [0.5, 0.6) is 11.5 Å². The molecule has 0 amide bonds. The van der Waals surface area contributed by atoms with Crippen LogP contribution < -0.4 is 9.47 Å². The molecule has 0 saturated carbocycles. The van der Waals surface area contributed by atoms with Crippen molar-refractivity contribution >= 4 is 5.97 Å². The van der Waals surface area contributed by atoms with Crippen LogP contribution in [-0.4, -0.2) is 12.6 Å². The topological polar surface area (TPSA) is 35.5 Å². The molecule has 7 heteroatoms. The number of ether oxygens (including phenoxy) is 2. The van der Waals surface area contributed by atoms with E-state index in [1.165, 1.54) is 48.5 Å². The maximum absolute atomic E-state index is 14.8. The fourth-order valence-electron chi connectivity index (χ4n) is 4.09. The van der Waals surface area contributed by atoms with Gasteiger partial charge in [-0.25, -0.2) is 13.6 Å². The molecular formula is C32H28F4O3. The van der Waals surface area contributed by atoms with Crippen molar-refractivity contribution in [3.63, 3.8) is 0 Å². The van der Waals surface area contributed by atoms with Crippen molar-refractivity contribution < 1.29 is 31.8 Å². The second kappa shape index (κ2) is 12.6. The van der Waals surface area contributed by atoms with Gasteiger partial charge < -0.3 is 9.47 Å². The molecule has 0 saturated heterocycles. The van der Waals surface area contributed by atoms with Crippen molar-refractivity contribution in [1.29, 1.82) is 0 Å². The normalized spacial score (nSPS) is 10.9. The van der Waals surface area contributed by atoms with Gasteiger partial charge in [0.2, 0.25) is 11.6 Å². The van der Waals surface area contributed by atoms with Crippen LogP contribution in [0.1, 0.15) is 48.5 Å². The van der Waals surface area contributed by atoms with Gasteiger partial charge in [0, 0.05) is 11.1 Å². The Labute approximate surface area is 225 Å². The standard InChI is InChI=1S/C32H28F4O3/c1-3-4-5-6-19-38-26-17-15-24(28(33)30(26)35)22-11-13-23(14-12-22)32(37)39-27-18-16-25(29(34)31(27)36)21-9-7-20(2)8-10-21/h7-18H,3-6,19H2,1-2H3. The van der Waals surface area contributed by atoms with Crippen molar-refractivity contribution in [1.82, 2.24) is 0 Å². The van der Waals surface area contributed by atoms with E-state index >= 15 is 0 Å². The zero-order valence-corrected chi connectivity index (χ0v) is 21.7. The minimum atomic E-state index is -1.29. The number of unbranched alkanes of at least 4 members (excludes halogenated alkanes) is 3. The summed E-state index contributed by atoms with van der Waals surface area (Å²) in [6.45, 7) is 4.26. The van der Waals surface area contributed by atoms with E-state index < -0.39 is 35.0 Å². The molecule has 39 heavy (non-hydrogen) atoms. The number of carbonyl (C=O) groups excluding carboxylic acids is 1. The van der Waals surface area contributed by atoms with Crippen LogP contribution in [0.15, 0.2) is 72.8 Å². The number of halogens is 4. The molecule has 0 spiro atoms. The molecule has 0 atom stereocenters. The first-order chi connectivity index (χ1) is 18.8. The lowest BCUT2D eigenvalue weighted by molar-refractivity contribution is 0.0726. The highest BCUT2D eigenvalue weighted by Crippen LogP contribution is 2.32. The zero-order chi connectivity index (χ0) is 27.9. The Morgan fingerprint density at radius 3 is 1.77 bits per heavy atom. The minimum Gasteiger partial charge on any atom is -0.490 e. The average molecular weight is 537 g/mol. The predicted molar refractivity (Wildman–Crippen MR) is 143 cm³/mol. The molecule has 0 aliphatic heterocycles. The van der Waals surface area contributed by atoms with Crippen LogP contribution in [0.2, 0.25) is 0 Å². The quantitative estimate of drug-likeness (QED) is 0.0878. The summed E-state index contributed by atoms with van der Waals surface area (Å²) in [5.41, 5.74) is 1.83. The summed E-state index contributed by atoms with van der Waals surface area (Å²) >= 11 is 0. The number of hydrogen-bond acceptors (Lipinski definition) is 3. The lowest BCUT2D eigenvalue weighted by Gasteiger charge is -2.11. The van der Waals surface area contributed by atoms with Gasteiger partial charge in [-0.3, -0.25) is 0 Å². The molecule has 0 N–H and O–H groups in total. The smallest absolute Gasteiger partial charge is 0.343 e. The Kier molecular flexibility index (Phi) is 9.02. The number of esters is 1. The molecule has 0 radical (unpaired) electrons. The van der Waals surface area contributed by atoms with Gasteiger partial charge in [-0.1, -0.05) is 68.1 Å². The molecular weight excluding hydrogens is 508 g/mol. The predicted octanol–water partition coefficient (Wildman–Crippen LogP) is 9.06. The highest BCUT2D eigenvalue weighted by molar-refractivity contribution is 5.91. The van der Waals surface area contributed by atoms with Crippen LogP contribution >= 0.6 is 0 Å². The zero-order valence-electron chi connectivity index (χ0n) is 21.7. The van der Waals surface area contributed by atoms with E-state index in [4.69, 9.17) is 9.47 Å². The SMILES string of the molecule is CCCCCCOc1ccc(-c2ccc(C(=O)Oc3ccc(-c4ccc(C)cc4)c(F)c3F)cc2)c(F)c1F. The van der Waals surface area contributed by atoms with Gasteiger partial charge >= 0.3 is 5.97 Å². The minimum absolute atomic E-state index is 0.00874. The van der Waals surface area contributed by atoms with Crippen molar-refractivity contribution in [2.75, 3.05) is 6.61 Å². The lowest BCUT2D eigenvalue weighted by Crippen LogP contribution is -2.10. The van der Waals surface area contributed by atoms with E-state index in [9.17, 15) is 22.4 Å². The highest BCUT2D eigenvalue weighted by Gasteiger charge is 2.20. The van der Waals surface area contributed by atoms with Crippen LogP contribution in [0, 0.1) is 30.2 Å². The van der Waals surface area contributed by atoms with Crippen molar-refractivity contribution in [2.24, 2.45) is 0 Å². The Balaban J connectivity index is 1.45. The molecule has 4 aromatic carbocycles. The van der Waals surface area contributed by atoms with Gasteiger partial charge in [0.05, 0.1) is 12.2 Å². The average Bonchev–Trinajstić information content (AvgIpc) is 2.94. The van der Waals surface area contributed by atoms with Crippen molar-refractivity contribution in [3.8, 4) is 33.8 Å². The van der Waals surface area contributed by atoms with Crippen molar-refractivity contribution in [2.45, 2.75) is 39.5 Å². The lowest BCUT2D eigenvalue weighted by atomic mass is 10.0. The van der Waals surface area contributed by atoms with E-state index in [1.807, 2.05) is 6.92 Å². The molecule has 4 rings (SSSR count). The van der Waals surface area contributed by atoms with Crippen LogP contribution in [0.25, 0.3) is 22.3 Å². The highest BCUT2D eigenvalue weighted by atomic mass is 19.2. The molecule has 3 nitrogen and oxygen atoms in total. The molecule has 0 fully saturated rings. The van der Waals surface area contributed by atoms with E-state index in [-0.39, 0.29) is 22.4 Å². The monoisotopic (exact) mass is 536 g/mol. The number of rotatable bonds is 10. The summed E-state index contributed by atoms with van der Waals surface area (Å²) in [4.78, 5) is 12.6. The maximum Gasteiger partial charge on any atom is 0.343 e. The van der Waals surface area contributed by atoms with Gasteiger partial charge in [0.15, 0.2) is 23.1 Å². The van der Waals surface area contributed by atoms with E-state index in [0.29, 0.717) is 17.7 Å². The molecule has 202 valence electrons. The second-order valence-corrected chi connectivity index (χ2v) is 9.22. The number of aryl methyl sites for hydroxylation is 1. The Morgan fingerprint density at radius 2 is 1.18 bits per heavy atom. The van der Waals surface area contributed by atoms with Gasteiger partial charge in [0.1, 0.15) is 0 Å². The fourth-order valence-corrected chi connectivity index (χ4v) is 4.09. The first kappa shape index (κ1) is 27.9. The largest absolute Gasteiger partial charge is 0.490 e. The van der Waals surface area contributed by atoms with Crippen molar-refractivity contribution in [3.05, 3.63) is 107 Å². The third-order valence-corrected chi connectivity index (χ3v) is 6.35. The molecule has 0 aliphatic carbocycles. The van der Waals surface area contributed by atoms with E-state index in [1.54, 1.807) is 24.3 Å². The Morgan fingerprint density at radius 1 is 0.641 bits per heavy atom. The van der Waals surface area contributed by atoms with Gasteiger partial charge in [-0.05, 0) is 60.9 Å². The van der Waals surface area contributed by atoms with E-state index in [2.05, 4.69) is 6.92 Å². The molecule has 4 aromatic rings. The number of benzene rings is 4. The van der Waals surface area contributed by atoms with Gasteiger partial charge in [-0.15, -0.1) is 0 Å². The van der Waals surface area contributed by atoms with E-state index in [0.717, 1.165) is 31.2 Å². The third-order valence-electron chi connectivity index (χ3n) is 6.35. The summed E-state index contributed by atoms with van der Waals surface area (Å²) < 4.78 is 69.2. The van der Waals surface area contributed by atoms with Crippen LogP contribution in [0.3, 0.4) is 0 Å². The maximum atomic E-state index is 14.8. The van der Waals surface area contributed by atoms with Crippen LogP contribution in [0.4, 0.5) is 17.6 Å². The Hall–Kier alpha value is -4.13. The summed E-state index contributed by atoms with van der Waals surface area (Å²) in [6, 6.07) is 17.7. The fraction of sp³-hybridized carbons (Fsp3) is 0.219. The number of hydrogen-bond donors (Lipinski definition) is 0. The number of carbonyl (C=O) groups is 1. The molecule has 0 unspecified atom stereocenters. The molecule has 0 bridgehead atoms. The van der Waals surface area contributed by atoms with Gasteiger partial charge in [-0.2, -0.15) is 8.78 Å². The second-order valence-electron chi connectivity index (χ2n) is 9.22. The molecule has 0 heterocycles. The summed E-state index contributed by atoms with van der Waals surface area (Å²) in [6.07, 6.45) is 3.81. The Bertz CT molecular complexity index is 1450. The summed E-state index contributed by atoms with van der Waals surface area (Å²) in [5, 5.41) is 0. The van der Waals surface area contributed by atoms with Gasteiger partial charge in [0.25, 0.3) is 0 Å². The first-order valence-electron chi connectivity index (χ1n) is 12.8. The summed E-state index contributed by atoms with van der Waals surface area (Å²) in [7, 11) is 0. The molecule has 0 aliphatic rings.